The molecule has 0 aliphatic heterocycles. The fourth-order valence-electron chi connectivity index (χ4n) is 1.69. The number of rotatable bonds is 2. The zero-order chi connectivity index (χ0) is 10.8. The van der Waals surface area contributed by atoms with Crippen molar-refractivity contribution in [1.29, 1.82) is 0 Å². The van der Waals surface area contributed by atoms with E-state index in [2.05, 4.69) is 46.5 Å². The minimum atomic E-state index is 0.221. The van der Waals surface area contributed by atoms with Gasteiger partial charge in [-0.3, -0.25) is 4.79 Å². The number of ketones is 1. The number of halogens is 1. The largest absolute Gasteiger partial charge is 0.294 e. The summed E-state index contributed by atoms with van der Waals surface area (Å²) in [7, 11) is 0. The van der Waals surface area contributed by atoms with Gasteiger partial charge in [-0.05, 0) is 51.9 Å². The molecule has 3 heteroatoms. The first-order valence-corrected chi connectivity index (χ1v) is 6.80. The van der Waals surface area contributed by atoms with Crippen LogP contribution in [0, 0.1) is 0 Å². The second-order valence-corrected chi connectivity index (χ2v) is 5.12. The molecule has 0 radical (unpaired) electrons. The fourth-order valence-corrected chi connectivity index (χ4v) is 2.72. The molecule has 2 rings (SSSR count). The average molecular weight is 283 g/mol. The Hall–Kier alpha value is -0.540. The number of carbonyl (C=O) groups is 1. The molecule has 0 aromatic heterocycles. The number of carbonyl (C=O) groups excluding carboxylic acids is 1. The first-order chi connectivity index (χ1) is 7.22. The Kier molecular flexibility index (Phi) is 3.32. The van der Waals surface area contributed by atoms with Crippen LogP contribution in [0.1, 0.15) is 18.4 Å². The van der Waals surface area contributed by atoms with Gasteiger partial charge in [0.2, 0.25) is 0 Å². The van der Waals surface area contributed by atoms with Crippen LogP contribution >= 0.6 is 27.7 Å². The third-order valence-corrected chi connectivity index (χ3v) is 4.21. The normalized spacial score (nSPS) is 16.3. The van der Waals surface area contributed by atoms with Gasteiger partial charge in [0, 0.05) is 11.3 Å². The maximum Gasteiger partial charge on any atom is 0.170 e. The van der Waals surface area contributed by atoms with Crippen molar-refractivity contribution in [3.05, 3.63) is 34.3 Å². The quantitative estimate of drug-likeness (QED) is 0.766. The fraction of sp³-hybridized carbons (Fsp3) is 0.250. The van der Waals surface area contributed by atoms with Crippen LogP contribution in [0.25, 0.3) is 5.57 Å². The van der Waals surface area contributed by atoms with E-state index in [0.717, 1.165) is 22.0 Å². The lowest BCUT2D eigenvalue weighted by atomic mass is 10.1. The van der Waals surface area contributed by atoms with Gasteiger partial charge in [-0.2, -0.15) is 0 Å². The minimum absolute atomic E-state index is 0.221. The highest BCUT2D eigenvalue weighted by Gasteiger charge is 2.21. The van der Waals surface area contributed by atoms with Crippen molar-refractivity contribution in [2.75, 3.05) is 6.26 Å². The molecule has 0 unspecified atom stereocenters. The highest BCUT2D eigenvalue weighted by atomic mass is 79.9. The molecule has 0 bridgehead atoms. The van der Waals surface area contributed by atoms with Gasteiger partial charge in [0.15, 0.2) is 5.78 Å². The molecule has 1 nitrogen and oxygen atoms in total. The van der Waals surface area contributed by atoms with Gasteiger partial charge in [-0.1, -0.05) is 12.1 Å². The standard InChI is InChI=1S/C12H11BrOS/c1-15-9-4-2-8(3-5-9)10-6-7-11(14)12(10)13/h2-5H,6-7H2,1H3. The van der Waals surface area contributed by atoms with E-state index in [0.29, 0.717) is 6.42 Å². The number of thioether (sulfide) groups is 1. The second-order valence-electron chi connectivity index (χ2n) is 3.44. The van der Waals surface area contributed by atoms with Crippen molar-refractivity contribution in [3.63, 3.8) is 0 Å². The lowest BCUT2D eigenvalue weighted by Crippen LogP contribution is -1.87. The number of hydrogen-bond donors (Lipinski definition) is 0. The van der Waals surface area contributed by atoms with Crippen LogP contribution in [0.15, 0.2) is 33.6 Å². The van der Waals surface area contributed by atoms with E-state index in [4.69, 9.17) is 0 Å². The van der Waals surface area contributed by atoms with Gasteiger partial charge in [-0.15, -0.1) is 11.8 Å². The molecule has 0 fully saturated rings. The maximum absolute atomic E-state index is 11.4. The third kappa shape index (κ3) is 2.18. The molecular formula is C12H11BrOS. The van der Waals surface area contributed by atoms with Crippen LogP contribution in [0.4, 0.5) is 0 Å². The molecule has 15 heavy (non-hydrogen) atoms. The summed E-state index contributed by atoms with van der Waals surface area (Å²) >= 11 is 5.09. The van der Waals surface area contributed by atoms with E-state index in [-0.39, 0.29) is 5.78 Å². The summed E-state index contributed by atoms with van der Waals surface area (Å²) in [4.78, 5) is 12.6. The predicted octanol–water partition coefficient (Wildman–Crippen LogP) is 3.88. The van der Waals surface area contributed by atoms with E-state index in [1.807, 2.05) is 0 Å². The summed E-state index contributed by atoms with van der Waals surface area (Å²) in [6.07, 6.45) is 3.56. The van der Waals surface area contributed by atoms with Gasteiger partial charge in [0.1, 0.15) is 0 Å². The summed E-state index contributed by atoms with van der Waals surface area (Å²) in [5.74, 6) is 0.221. The summed E-state index contributed by atoms with van der Waals surface area (Å²) in [5.41, 5.74) is 2.30. The minimum Gasteiger partial charge on any atom is -0.294 e. The Morgan fingerprint density at radius 3 is 2.33 bits per heavy atom. The zero-order valence-electron chi connectivity index (χ0n) is 8.42. The first kappa shape index (κ1) is 11.0. The van der Waals surface area contributed by atoms with Crippen LogP contribution in [0.2, 0.25) is 0 Å². The van der Waals surface area contributed by atoms with Gasteiger partial charge < -0.3 is 0 Å². The molecular weight excluding hydrogens is 272 g/mol. The third-order valence-electron chi connectivity index (χ3n) is 2.55. The van der Waals surface area contributed by atoms with Gasteiger partial charge in [0.05, 0.1) is 4.48 Å². The van der Waals surface area contributed by atoms with E-state index >= 15 is 0 Å². The highest BCUT2D eigenvalue weighted by molar-refractivity contribution is 9.12. The van der Waals surface area contributed by atoms with Crippen molar-refractivity contribution in [2.45, 2.75) is 17.7 Å². The lowest BCUT2D eigenvalue weighted by Gasteiger charge is -2.03. The summed E-state index contributed by atoms with van der Waals surface area (Å²) in [6, 6.07) is 8.36. The van der Waals surface area contributed by atoms with Crippen molar-refractivity contribution in [2.24, 2.45) is 0 Å². The van der Waals surface area contributed by atoms with Crippen LogP contribution in [-0.2, 0) is 4.79 Å². The first-order valence-electron chi connectivity index (χ1n) is 4.78. The lowest BCUT2D eigenvalue weighted by molar-refractivity contribution is -0.114. The van der Waals surface area contributed by atoms with E-state index in [1.54, 1.807) is 11.8 Å². The molecule has 0 spiro atoms. The number of allylic oxidation sites excluding steroid dienone is 2. The van der Waals surface area contributed by atoms with E-state index in [9.17, 15) is 4.79 Å². The number of hydrogen-bond acceptors (Lipinski definition) is 2. The Balaban J connectivity index is 2.34. The zero-order valence-corrected chi connectivity index (χ0v) is 10.8. The molecule has 0 N–H and O–H groups in total. The van der Waals surface area contributed by atoms with E-state index in [1.165, 1.54) is 4.90 Å². The van der Waals surface area contributed by atoms with Crippen LogP contribution < -0.4 is 0 Å². The predicted molar refractivity (Wildman–Crippen MR) is 68.3 cm³/mol. The molecule has 1 aromatic rings. The molecule has 1 aromatic carbocycles. The molecule has 0 atom stereocenters. The van der Waals surface area contributed by atoms with Crippen molar-refractivity contribution in [3.8, 4) is 0 Å². The summed E-state index contributed by atoms with van der Waals surface area (Å²) in [5, 5.41) is 0. The number of Topliss-reactive ketones (excluding diaryl/α,β-unsaturated/α-hetero) is 1. The molecule has 0 saturated carbocycles. The molecule has 0 heterocycles. The summed E-state index contributed by atoms with van der Waals surface area (Å²) < 4.78 is 0.763. The number of benzene rings is 1. The molecule has 0 amide bonds. The highest BCUT2D eigenvalue weighted by Crippen LogP contribution is 2.35. The van der Waals surface area contributed by atoms with E-state index < -0.39 is 0 Å². The Morgan fingerprint density at radius 2 is 1.87 bits per heavy atom. The van der Waals surface area contributed by atoms with Crippen molar-refractivity contribution in [1.82, 2.24) is 0 Å². The second kappa shape index (κ2) is 4.54. The van der Waals surface area contributed by atoms with Gasteiger partial charge in [-0.25, -0.2) is 0 Å². The molecule has 1 aliphatic carbocycles. The monoisotopic (exact) mass is 282 g/mol. The van der Waals surface area contributed by atoms with Crippen LogP contribution in [0.5, 0.6) is 0 Å². The average Bonchev–Trinajstić information content (AvgIpc) is 2.60. The SMILES string of the molecule is CSc1ccc(C2=C(Br)C(=O)CC2)cc1. The van der Waals surface area contributed by atoms with Crippen molar-refractivity contribution < 1.29 is 4.79 Å². The molecule has 0 saturated heterocycles. The molecule has 78 valence electrons. The van der Waals surface area contributed by atoms with Crippen molar-refractivity contribution >= 4 is 39.0 Å². The Labute approximate surface area is 102 Å². The van der Waals surface area contributed by atoms with Crippen LogP contribution in [0.3, 0.4) is 0 Å². The topological polar surface area (TPSA) is 17.1 Å². The smallest absolute Gasteiger partial charge is 0.170 e. The Morgan fingerprint density at radius 1 is 1.20 bits per heavy atom. The van der Waals surface area contributed by atoms with Gasteiger partial charge in [0.25, 0.3) is 0 Å². The molecule has 1 aliphatic rings. The Bertz CT molecular complexity index is 420. The van der Waals surface area contributed by atoms with Gasteiger partial charge >= 0.3 is 0 Å². The van der Waals surface area contributed by atoms with Crippen LogP contribution in [-0.4, -0.2) is 12.0 Å². The summed E-state index contributed by atoms with van der Waals surface area (Å²) in [6.45, 7) is 0. The maximum atomic E-state index is 11.4.